The minimum atomic E-state index is -0.381. The Balaban J connectivity index is 2.36. The third kappa shape index (κ3) is 3.00. The van der Waals surface area contributed by atoms with Crippen molar-refractivity contribution in [1.29, 1.82) is 5.26 Å². The molecule has 14 heavy (non-hydrogen) atoms. The van der Waals surface area contributed by atoms with Crippen LogP contribution in [0.15, 0.2) is 0 Å². The fraction of sp³-hybridized carbons (Fsp3) is 0.800. The molecule has 1 fully saturated rings. The predicted molar refractivity (Wildman–Crippen MR) is 51.4 cm³/mol. The van der Waals surface area contributed by atoms with Crippen LogP contribution in [0.25, 0.3) is 0 Å². The van der Waals surface area contributed by atoms with Crippen molar-refractivity contribution >= 4 is 5.91 Å². The van der Waals surface area contributed by atoms with Gasteiger partial charge in [-0.25, -0.2) is 0 Å². The zero-order valence-corrected chi connectivity index (χ0v) is 8.45. The number of hydrogen-bond acceptors (Lipinski definition) is 3. The summed E-state index contributed by atoms with van der Waals surface area (Å²) < 4.78 is 5.31. The molecule has 1 heterocycles. The van der Waals surface area contributed by atoms with Crippen molar-refractivity contribution in [2.45, 2.75) is 44.8 Å². The topological polar surface area (TPSA) is 62.1 Å². The minimum absolute atomic E-state index is 0.141. The van der Waals surface area contributed by atoms with Crippen molar-refractivity contribution in [3.05, 3.63) is 0 Å². The van der Waals surface area contributed by atoms with Crippen molar-refractivity contribution in [2.75, 3.05) is 6.61 Å². The zero-order valence-electron chi connectivity index (χ0n) is 8.45. The molecule has 0 saturated carbocycles. The summed E-state index contributed by atoms with van der Waals surface area (Å²) in [4.78, 5) is 11.5. The van der Waals surface area contributed by atoms with Gasteiger partial charge in [-0.1, -0.05) is 6.92 Å². The molecule has 0 aromatic carbocycles. The lowest BCUT2D eigenvalue weighted by atomic mass is 10.1. The summed E-state index contributed by atoms with van der Waals surface area (Å²) in [6.07, 6.45) is 3.12. The molecule has 1 aliphatic rings. The molecule has 1 N–H and O–H groups in total. The molecule has 2 unspecified atom stereocenters. The number of nitrogens with one attached hydrogen (secondary N) is 1. The van der Waals surface area contributed by atoms with Gasteiger partial charge in [0.05, 0.1) is 6.07 Å². The minimum Gasteiger partial charge on any atom is -0.368 e. The van der Waals surface area contributed by atoms with E-state index in [4.69, 9.17) is 10.00 Å². The Hall–Kier alpha value is -1.08. The summed E-state index contributed by atoms with van der Waals surface area (Å²) in [5.41, 5.74) is 0. The SMILES string of the molecule is CCC(C#N)NC(=O)C1CCCCO1. The van der Waals surface area contributed by atoms with Crippen LogP contribution in [0.4, 0.5) is 0 Å². The quantitative estimate of drug-likeness (QED) is 0.731. The molecule has 1 saturated heterocycles. The van der Waals surface area contributed by atoms with Crippen molar-refractivity contribution in [1.82, 2.24) is 5.32 Å². The van der Waals surface area contributed by atoms with Crippen LogP contribution in [-0.4, -0.2) is 24.7 Å². The first-order valence-electron chi connectivity index (χ1n) is 5.09. The highest BCUT2D eigenvalue weighted by Gasteiger charge is 2.23. The van der Waals surface area contributed by atoms with Crippen molar-refractivity contribution < 1.29 is 9.53 Å². The van der Waals surface area contributed by atoms with E-state index in [0.717, 1.165) is 19.3 Å². The highest BCUT2D eigenvalue weighted by atomic mass is 16.5. The second-order valence-electron chi connectivity index (χ2n) is 3.45. The van der Waals surface area contributed by atoms with Gasteiger partial charge in [0.2, 0.25) is 5.91 Å². The van der Waals surface area contributed by atoms with Crippen LogP contribution in [0.3, 0.4) is 0 Å². The monoisotopic (exact) mass is 196 g/mol. The maximum atomic E-state index is 11.5. The molecule has 0 aromatic rings. The van der Waals surface area contributed by atoms with E-state index < -0.39 is 0 Å². The molecular weight excluding hydrogens is 180 g/mol. The van der Waals surface area contributed by atoms with Gasteiger partial charge in [-0.2, -0.15) is 5.26 Å². The molecule has 4 nitrogen and oxygen atoms in total. The molecule has 4 heteroatoms. The first-order valence-corrected chi connectivity index (χ1v) is 5.09. The maximum absolute atomic E-state index is 11.5. The molecular formula is C10H16N2O2. The Morgan fingerprint density at radius 1 is 1.71 bits per heavy atom. The van der Waals surface area contributed by atoms with Crippen LogP contribution in [0, 0.1) is 11.3 Å². The van der Waals surface area contributed by atoms with Gasteiger partial charge in [-0.15, -0.1) is 0 Å². The second kappa shape index (κ2) is 5.61. The van der Waals surface area contributed by atoms with Crippen molar-refractivity contribution in [3.63, 3.8) is 0 Å². The average Bonchev–Trinajstić information content (AvgIpc) is 2.26. The first-order chi connectivity index (χ1) is 6.77. The average molecular weight is 196 g/mol. The number of rotatable bonds is 3. The lowest BCUT2D eigenvalue weighted by molar-refractivity contribution is -0.135. The summed E-state index contributed by atoms with van der Waals surface area (Å²) in [6, 6.07) is 1.65. The van der Waals surface area contributed by atoms with E-state index in [9.17, 15) is 4.79 Å². The smallest absolute Gasteiger partial charge is 0.250 e. The van der Waals surface area contributed by atoms with Crippen LogP contribution in [-0.2, 0) is 9.53 Å². The largest absolute Gasteiger partial charge is 0.368 e. The molecule has 0 spiro atoms. The Kier molecular flexibility index (Phi) is 4.41. The third-order valence-corrected chi connectivity index (χ3v) is 2.35. The van der Waals surface area contributed by atoms with Crippen molar-refractivity contribution in [3.8, 4) is 6.07 Å². The van der Waals surface area contributed by atoms with Crippen LogP contribution in [0.5, 0.6) is 0 Å². The van der Waals surface area contributed by atoms with E-state index in [1.807, 2.05) is 13.0 Å². The highest BCUT2D eigenvalue weighted by molar-refractivity contribution is 5.81. The zero-order chi connectivity index (χ0) is 10.4. The van der Waals surface area contributed by atoms with Crippen LogP contribution < -0.4 is 5.32 Å². The Labute approximate surface area is 84.2 Å². The number of amides is 1. The molecule has 1 amide bonds. The summed E-state index contributed by atoms with van der Waals surface area (Å²) in [5, 5.41) is 11.3. The first kappa shape index (κ1) is 11.0. The van der Waals surface area contributed by atoms with Gasteiger partial charge in [-0.3, -0.25) is 4.79 Å². The van der Waals surface area contributed by atoms with Gasteiger partial charge < -0.3 is 10.1 Å². The van der Waals surface area contributed by atoms with Crippen molar-refractivity contribution in [2.24, 2.45) is 0 Å². The molecule has 0 aliphatic carbocycles. The highest BCUT2D eigenvalue weighted by Crippen LogP contribution is 2.12. The lowest BCUT2D eigenvalue weighted by Crippen LogP contribution is -2.42. The predicted octanol–water partition coefficient (Wildman–Crippen LogP) is 0.974. The van der Waals surface area contributed by atoms with Crippen LogP contribution >= 0.6 is 0 Å². The number of nitriles is 1. The molecule has 0 aromatic heterocycles. The molecule has 78 valence electrons. The molecule has 1 aliphatic heterocycles. The summed E-state index contributed by atoms with van der Waals surface area (Å²) in [5.74, 6) is -0.141. The summed E-state index contributed by atoms with van der Waals surface area (Å²) in [7, 11) is 0. The Morgan fingerprint density at radius 3 is 3.00 bits per heavy atom. The lowest BCUT2D eigenvalue weighted by Gasteiger charge is -2.22. The number of carbonyl (C=O) groups is 1. The van der Waals surface area contributed by atoms with E-state index in [0.29, 0.717) is 13.0 Å². The number of ether oxygens (including phenoxy) is 1. The summed E-state index contributed by atoms with van der Waals surface area (Å²) in [6.45, 7) is 2.53. The van der Waals surface area contributed by atoms with E-state index in [2.05, 4.69) is 5.32 Å². The third-order valence-electron chi connectivity index (χ3n) is 2.35. The number of carbonyl (C=O) groups excluding carboxylic acids is 1. The normalized spacial score (nSPS) is 23.6. The second-order valence-corrected chi connectivity index (χ2v) is 3.45. The Bertz CT molecular complexity index is 229. The standard InChI is InChI=1S/C10H16N2O2/c1-2-8(7-11)12-10(13)9-5-3-4-6-14-9/h8-9H,2-6H2,1H3,(H,12,13). The molecule has 1 rings (SSSR count). The summed E-state index contributed by atoms with van der Waals surface area (Å²) >= 11 is 0. The van der Waals surface area contributed by atoms with Crippen LogP contribution in [0.1, 0.15) is 32.6 Å². The fourth-order valence-corrected chi connectivity index (χ4v) is 1.44. The van der Waals surface area contributed by atoms with Gasteiger partial charge in [0, 0.05) is 6.61 Å². The molecule has 0 bridgehead atoms. The van der Waals surface area contributed by atoms with E-state index in [1.165, 1.54) is 0 Å². The number of hydrogen-bond donors (Lipinski definition) is 1. The van der Waals surface area contributed by atoms with Gasteiger partial charge in [0.1, 0.15) is 12.1 Å². The number of nitrogens with zero attached hydrogens (tertiary/aromatic N) is 1. The van der Waals surface area contributed by atoms with E-state index >= 15 is 0 Å². The van der Waals surface area contributed by atoms with E-state index in [1.54, 1.807) is 0 Å². The van der Waals surface area contributed by atoms with Gasteiger partial charge in [0.25, 0.3) is 0 Å². The fourth-order valence-electron chi connectivity index (χ4n) is 1.44. The van der Waals surface area contributed by atoms with Crippen LogP contribution in [0.2, 0.25) is 0 Å². The van der Waals surface area contributed by atoms with Gasteiger partial charge in [0.15, 0.2) is 0 Å². The Morgan fingerprint density at radius 2 is 2.50 bits per heavy atom. The molecule has 2 atom stereocenters. The van der Waals surface area contributed by atoms with Gasteiger partial charge in [-0.05, 0) is 25.7 Å². The van der Waals surface area contributed by atoms with Gasteiger partial charge >= 0.3 is 0 Å². The van der Waals surface area contributed by atoms with E-state index in [-0.39, 0.29) is 18.1 Å². The molecule has 0 radical (unpaired) electrons. The maximum Gasteiger partial charge on any atom is 0.250 e.